The van der Waals surface area contributed by atoms with E-state index in [2.05, 4.69) is 14.7 Å². The molecule has 0 N–H and O–H groups in total. The van der Waals surface area contributed by atoms with Crippen LogP contribution < -0.4 is 4.90 Å². The lowest BCUT2D eigenvalue weighted by Gasteiger charge is -2.13. The molecule has 0 saturated heterocycles. The Morgan fingerprint density at radius 2 is 2.15 bits per heavy atom. The van der Waals surface area contributed by atoms with Crippen LogP contribution in [0, 0.1) is 10.1 Å². The third-order valence-electron chi connectivity index (χ3n) is 2.87. The van der Waals surface area contributed by atoms with Gasteiger partial charge in [0.2, 0.25) is 6.39 Å². The Labute approximate surface area is 110 Å². The van der Waals surface area contributed by atoms with Gasteiger partial charge in [-0.15, -0.1) is 0 Å². The normalized spacial score (nSPS) is 13.7. The zero-order valence-corrected chi connectivity index (χ0v) is 9.85. The second-order valence-electron chi connectivity index (χ2n) is 4.03. The van der Waals surface area contributed by atoms with Gasteiger partial charge in [-0.3, -0.25) is 24.6 Å². The predicted octanol–water partition coefficient (Wildman–Crippen LogP) is 0.707. The maximum atomic E-state index is 11.9. The van der Waals surface area contributed by atoms with Crippen LogP contribution in [0.2, 0.25) is 0 Å². The zero-order valence-electron chi connectivity index (χ0n) is 9.85. The number of nitrogens with zero attached hydrogens (tertiary/aromatic N) is 4. The van der Waals surface area contributed by atoms with E-state index in [4.69, 9.17) is 0 Å². The molecule has 9 heteroatoms. The number of fused-ring (bicyclic) bond motifs is 1. The number of hydrogen-bond acceptors (Lipinski definition) is 7. The summed E-state index contributed by atoms with van der Waals surface area (Å²) in [5.41, 5.74) is 0.0643. The SMILES string of the molecule is O=C1C(=O)N(Cc2ncon2)c2ccc([N+](=O)[O-])cc21. The molecule has 9 nitrogen and oxygen atoms in total. The maximum absolute atomic E-state index is 11.9. The number of carbonyl (C=O) groups is 2. The lowest BCUT2D eigenvalue weighted by molar-refractivity contribution is -0.384. The van der Waals surface area contributed by atoms with Crippen molar-refractivity contribution in [2.75, 3.05) is 4.90 Å². The second kappa shape index (κ2) is 4.23. The molecule has 100 valence electrons. The quantitative estimate of drug-likeness (QED) is 0.459. The molecule has 3 rings (SSSR count). The average Bonchev–Trinajstić information content (AvgIpc) is 3.02. The van der Waals surface area contributed by atoms with Crippen LogP contribution in [0.1, 0.15) is 16.2 Å². The minimum atomic E-state index is -0.785. The van der Waals surface area contributed by atoms with Crippen LogP contribution in [-0.4, -0.2) is 26.8 Å². The topological polar surface area (TPSA) is 119 Å². The minimum Gasteiger partial charge on any atom is -0.343 e. The van der Waals surface area contributed by atoms with E-state index < -0.39 is 16.6 Å². The number of ketones is 1. The smallest absolute Gasteiger partial charge is 0.299 e. The minimum absolute atomic E-state index is 0.00712. The number of nitro benzene ring substituents is 1. The highest BCUT2D eigenvalue weighted by molar-refractivity contribution is 6.52. The van der Waals surface area contributed by atoms with E-state index in [0.29, 0.717) is 5.69 Å². The molecule has 1 aliphatic heterocycles. The Balaban J connectivity index is 2.02. The van der Waals surface area contributed by atoms with Gasteiger partial charge in [-0.25, -0.2) is 0 Å². The van der Waals surface area contributed by atoms with E-state index in [1.165, 1.54) is 12.1 Å². The number of nitro groups is 1. The number of anilines is 1. The summed E-state index contributed by atoms with van der Waals surface area (Å²) >= 11 is 0. The first-order valence-corrected chi connectivity index (χ1v) is 5.48. The Bertz CT molecular complexity index is 724. The fraction of sp³-hybridized carbons (Fsp3) is 0.0909. The van der Waals surface area contributed by atoms with Gasteiger partial charge >= 0.3 is 0 Å². The van der Waals surface area contributed by atoms with Gasteiger partial charge in [-0.1, -0.05) is 5.16 Å². The fourth-order valence-corrected chi connectivity index (χ4v) is 1.96. The average molecular weight is 274 g/mol. The van der Waals surface area contributed by atoms with Gasteiger partial charge in [0.1, 0.15) is 0 Å². The summed E-state index contributed by atoms with van der Waals surface area (Å²) in [5, 5.41) is 14.2. The van der Waals surface area contributed by atoms with Crippen molar-refractivity contribution < 1.29 is 19.0 Å². The molecule has 2 heterocycles. The first kappa shape index (κ1) is 12.0. The predicted molar refractivity (Wildman–Crippen MR) is 62.9 cm³/mol. The summed E-state index contributed by atoms with van der Waals surface area (Å²) in [5.74, 6) is -1.32. The fourth-order valence-electron chi connectivity index (χ4n) is 1.96. The van der Waals surface area contributed by atoms with Crippen molar-refractivity contribution in [2.45, 2.75) is 6.54 Å². The van der Waals surface area contributed by atoms with Crippen molar-refractivity contribution in [3.63, 3.8) is 0 Å². The largest absolute Gasteiger partial charge is 0.343 e. The Hall–Kier alpha value is -3.10. The van der Waals surface area contributed by atoms with Crippen LogP contribution >= 0.6 is 0 Å². The molecule has 20 heavy (non-hydrogen) atoms. The van der Waals surface area contributed by atoms with Crippen LogP contribution in [0.5, 0.6) is 0 Å². The third-order valence-corrected chi connectivity index (χ3v) is 2.87. The highest BCUT2D eigenvalue weighted by Crippen LogP contribution is 2.32. The first-order valence-electron chi connectivity index (χ1n) is 5.48. The van der Waals surface area contributed by atoms with Gasteiger partial charge in [0.15, 0.2) is 5.82 Å². The summed E-state index contributed by atoms with van der Waals surface area (Å²) in [6.45, 7) is -0.0358. The second-order valence-corrected chi connectivity index (χ2v) is 4.03. The van der Waals surface area contributed by atoms with E-state index in [1.807, 2.05) is 0 Å². The van der Waals surface area contributed by atoms with Crippen LogP contribution in [0.15, 0.2) is 29.1 Å². The molecule has 0 aliphatic carbocycles. The molecular formula is C11H6N4O5. The molecule has 1 aliphatic rings. The van der Waals surface area contributed by atoms with E-state index in [9.17, 15) is 19.7 Å². The molecule has 0 saturated carbocycles. The molecule has 0 radical (unpaired) electrons. The standard InChI is InChI=1S/C11H6N4O5/c16-10-7-3-6(15(18)19)1-2-8(7)14(11(10)17)4-9-12-5-20-13-9/h1-3,5H,4H2. The van der Waals surface area contributed by atoms with Crippen LogP contribution in [0.25, 0.3) is 0 Å². The summed E-state index contributed by atoms with van der Waals surface area (Å²) in [6, 6.07) is 3.68. The highest BCUT2D eigenvalue weighted by atomic mass is 16.6. The molecule has 1 aromatic carbocycles. The van der Waals surface area contributed by atoms with Gasteiger partial charge in [-0.2, -0.15) is 4.98 Å². The lowest BCUT2D eigenvalue weighted by atomic mass is 10.1. The van der Waals surface area contributed by atoms with E-state index in [-0.39, 0.29) is 23.6 Å². The number of non-ortho nitro benzene ring substituents is 1. The molecular weight excluding hydrogens is 268 g/mol. The van der Waals surface area contributed by atoms with Crippen molar-refractivity contribution in [3.8, 4) is 0 Å². The van der Waals surface area contributed by atoms with E-state index >= 15 is 0 Å². The van der Waals surface area contributed by atoms with Gasteiger partial charge in [0.25, 0.3) is 17.4 Å². The number of rotatable bonds is 3. The number of carbonyl (C=O) groups excluding carboxylic acids is 2. The summed E-state index contributed by atoms with van der Waals surface area (Å²) < 4.78 is 4.55. The Kier molecular flexibility index (Phi) is 2.53. The number of Topliss-reactive ketones (excluding diaryl/α,β-unsaturated/α-hetero) is 1. The molecule has 0 spiro atoms. The van der Waals surface area contributed by atoms with Crippen LogP contribution in [-0.2, 0) is 11.3 Å². The molecule has 2 aromatic rings. The molecule has 0 unspecified atom stereocenters. The monoisotopic (exact) mass is 274 g/mol. The maximum Gasteiger partial charge on any atom is 0.299 e. The molecule has 0 bridgehead atoms. The van der Waals surface area contributed by atoms with Crippen molar-refractivity contribution in [1.29, 1.82) is 0 Å². The Morgan fingerprint density at radius 3 is 2.80 bits per heavy atom. The summed E-state index contributed by atoms with van der Waals surface area (Å²) in [6.07, 6.45) is 1.11. The van der Waals surface area contributed by atoms with Crippen molar-refractivity contribution in [3.05, 3.63) is 46.1 Å². The molecule has 0 atom stereocenters. The van der Waals surface area contributed by atoms with Crippen molar-refractivity contribution in [1.82, 2.24) is 10.1 Å². The van der Waals surface area contributed by atoms with E-state index in [1.54, 1.807) is 0 Å². The number of aromatic nitrogens is 2. The van der Waals surface area contributed by atoms with Crippen LogP contribution in [0.3, 0.4) is 0 Å². The molecule has 1 aromatic heterocycles. The van der Waals surface area contributed by atoms with Gasteiger partial charge in [0, 0.05) is 12.1 Å². The number of amides is 1. The number of hydrogen-bond donors (Lipinski definition) is 0. The summed E-state index contributed by atoms with van der Waals surface area (Å²) in [7, 11) is 0. The molecule has 1 amide bonds. The highest BCUT2D eigenvalue weighted by Gasteiger charge is 2.37. The van der Waals surface area contributed by atoms with Gasteiger partial charge in [0.05, 0.1) is 22.7 Å². The number of benzene rings is 1. The van der Waals surface area contributed by atoms with E-state index in [0.717, 1.165) is 17.4 Å². The van der Waals surface area contributed by atoms with Crippen molar-refractivity contribution in [2.24, 2.45) is 0 Å². The lowest BCUT2D eigenvalue weighted by Crippen LogP contribution is -2.29. The summed E-state index contributed by atoms with van der Waals surface area (Å²) in [4.78, 5) is 38.7. The third kappa shape index (κ3) is 1.72. The van der Waals surface area contributed by atoms with Gasteiger partial charge < -0.3 is 4.52 Å². The van der Waals surface area contributed by atoms with Gasteiger partial charge in [-0.05, 0) is 6.07 Å². The van der Waals surface area contributed by atoms with Crippen molar-refractivity contribution >= 4 is 23.1 Å². The zero-order chi connectivity index (χ0) is 14.3. The first-order chi connectivity index (χ1) is 9.58. The Morgan fingerprint density at radius 1 is 1.35 bits per heavy atom. The van der Waals surface area contributed by atoms with Crippen LogP contribution in [0.4, 0.5) is 11.4 Å². The molecule has 0 fully saturated rings.